The lowest BCUT2D eigenvalue weighted by Gasteiger charge is -2.10. The number of ether oxygens (including phenoxy) is 1. The van der Waals surface area contributed by atoms with Crippen LogP contribution in [0, 0.1) is 5.82 Å². The Morgan fingerprint density at radius 2 is 1.76 bits per heavy atom. The first kappa shape index (κ1) is 21.7. The van der Waals surface area contributed by atoms with E-state index in [-0.39, 0.29) is 11.7 Å². The fraction of sp³-hybridized carbons (Fsp3) is 0.100. The monoisotopic (exact) mass is 415 g/mol. The van der Waals surface area contributed by atoms with Crippen molar-refractivity contribution in [3.05, 3.63) is 72.1 Å². The summed E-state index contributed by atoms with van der Waals surface area (Å²) in [6.07, 6.45) is 1.99. The second kappa shape index (κ2) is 10.7. The Balaban J connectivity index is 1.93. The number of carbonyl (C=O) groups is 3. The SMILES string of the molecule is CCOC(=O)/C=C/C(=O)NC(=S)Nc1cccc(C(=O)Nc2ccc(F)cc2)c1. The number of amides is 2. The van der Waals surface area contributed by atoms with Crippen LogP contribution in [0.4, 0.5) is 15.8 Å². The molecule has 2 rings (SSSR count). The third-order valence-corrected chi connectivity index (χ3v) is 3.58. The number of hydrogen-bond acceptors (Lipinski definition) is 5. The van der Waals surface area contributed by atoms with Gasteiger partial charge in [-0.15, -0.1) is 0 Å². The zero-order valence-corrected chi connectivity index (χ0v) is 16.2. The van der Waals surface area contributed by atoms with Gasteiger partial charge in [-0.2, -0.15) is 0 Å². The van der Waals surface area contributed by atoms with Gasteiger partial charge in [0.25, 0.3) is 5.91 Å². The van der Waals surface area contributed by atoms with Crippen LogP contribution in [-0.4, -0.2) is 29.5 Å². The molecule has 2 amide bonds. The number of carbonyl (C=O) groups excluding carboxylic acids is 3. The topological polar surface area (TPSA) is 96.5 Å². The Bertz CT molecular complexity index is 945. The largest absolute Gasteiger partial charge is 0.463 e. The van der Waals surface area contributed by atoms with Gasteiger partial charge in [-0.05, 0) is 61.6 Å². The molecule has 29 heavy (non-hydrogen) atoms. The van der Waals surface area contributed by atoms with E-state index in [0.717, 1.165) is 12.2 Å². The van der Waals surface area contributed by atoms with Crippen molar-refractivity contribution in [3.8, 4) is 0 Å². The molecule has 3 N–H and O–H groups in total. The molecule has 0 spiro atoms. The first-order valence-corrected chi connectivity index (χ1v) is 8.92. The molecule has 0 aliphatic rings. The van der Waals surface area contributed by atoms with E-state index in [4.69, 9.17) is 12.2 Å². The molecule has 0 saturated carbocycles. The standard InChI is InChI=1S/C20H18FN3O4S/c1-2-28-18(26)11-10-17(25)24-20(29)23-16-5-3-4-13(12-16)19(27)22-15-8-6-14(21)7-9-15/h3-12H,2H2,1H3,(H,22,27)(H2,23,24,25,29)/b11-10+. The van der Waals surface area contributed by atoms with Crippen LogP contribution in [0.25, 0.3) is 0 Å². The van der Waals surface area contributed by atoms with Crippen LogP contribution in [0.2, 0.25) is 0 Å². The molecule has 150 valence electrons. The summed E-state index contributed by atoms with van der Waals surface area (Å²) >= 11 is 5.04. The van der Waals surface area contributed by atoms with Crippen molar-refractivity contribution < 1.29 is 23.5 Å². The first-order chi connectivity index (χ1) is 13.9. The molecule has 0 heterocycles. The highest BCUT2D eigenvalue weighted by atomic mass is 32.1. The molecule has 2 aromatic rings. The molecule has 0 atom stereocenters. The Morgan fingerprint density at radius 3 is 2.45 bits per heavy atom. The molecule has 0 aliphatic heterocycles. The lowest BCUT2D eigenvalue weighted by atomic mass is 10.2. The molecule has 0 bridgehead atoms. The van der Waals surface area contributed by atoms with Crippen molar-refractivity contribution >= 4 is 46.5 Å². The number of hydrogen-bond donors (Lipinski definition) is 3. The van der Waals surface area contributed by atoms with E-state index in [9.17, 15) is 18.8 Å². The Hall–Kier alpha value is -3.59. The zero-order chi connectivity index (χ0) is 21.2. The maximum atomic E-state index is 12.9. The summed E-state index contributed by atoms with van der Waals surface area (Å²) in [5.41, 5.74) is 1.25. The highest BCUT2D eigenvalue weighted by Gasteiger charge is 2.08. The molecule has 0 aliphatic carbocycles. The molecular formula is C20H18FN3O4S. The zero-order valence-electron chi connectivity index (χ0n) is 15.4. The van der Waals surface area contributed by atoms with E-state index < -0.39 is 23.6 Å². The van der Waals surface area contributed by atoms with Crippen LogP contribution < -0.4 is 16.0 Å². The molecule has 0 unspecified atom stereocenters. The Kier molecular flexibility index (Phi) is 7.99. The van der Waals surface area contributed by atoms with E-state index >= 15 is 0 Å². The average Bonchev–Trinajstić information content (AvgIpc) is 2.68. The van der Waals surface area contributed by atoms with Crippen molar-refractivity contribution in [3.63, 3.8) is 0 Å². The van der Waals surface area contributed by atoms with Crippen molar-refractivity contribution in [2.24, 2.45) is 0 Å². The van der Waals surface area contributed by atoms with E-state index in [1.54, 1.807) is 25.1 Å². The van der Waals surface area contributed by atoms with Crippen LogP contribution in [-0.2, 0) is 14.3 Å². The van der Waals surface area contributed by atoms with Gasteiger partial charge in [0.1, 0.15) is 5.82 Å². The maximum absolute atomic E-state index is 12.9. The smallest absolute Gasteiger partial charge is 0.330 e. The third-order valence-electron chi connectivity index (χ3n) is 3.38. The minimum absolute atomic E-state index is 0.0143. The second-order valence-corrected chi connectivity index (χ2v) is 5.98. The third kappa shape index (κ3) is 7.51. The van der Waals surface area contributed by atoms with Crippen LogP contribution >= 0.6 is 12.2 Å². The van der Waals surface area contributed by atoms with Crippen LogP contribution in [0.1, 0.15) is 17.3 Å². The van der Waals surface area contributed by atoms with Crippen LogP contribution in [0.5, 0.6) is 0 Å². The summed E-state index contributed by atoms with van der Waals surface area (Å²) in [4.78, 5) is 35.2. The molecule has 9 heteroatoms. The van der Waals surface area contributed by atoms with Crippen LogP contribution in [0.3, 0.4) is 0 Å². The van der Waals surface area contributed by atoms with E-state index in [2.05, 4.69) is 20.7 Å². The maximum Gasteiger partial charge on any atom is 0.330 e. The highest BCUT2D eigenvalue weighted by Crippen LogP contribution is 2.14. The lowest BCUT2D eigenvalue weighted by molar-refractivity contribution is -0.137. The summed E-state index contributed by atoms with van der Waals surface area (Å²) in [5, 5.41) is 7.78. The molecular weight excluding hydrogens is 397 g/mol. The highest BCUT2D eigenvalue weighted by molar-refractivity contribution is 7.80. The fourth-order valence-corrected chi connectivity index (χ4v) is 2.34. The minimum Gasteiger partial charge on any atom is -0.463 e. The molecule has 7 nitrogen and oxygen atoms in total. The minimum atomic E-state index is -0.638. The van der Waals surface area contributed by atoms with E-state index in [1.807, 2.05) is 0 Å². The van der Waals surface area contributed by atoms with Gasteiger partial charge in [0.2, 0.25) is 5.91 Å². The number of nitrogens with one attached hydrogen (secondary N) is 3. The number of benzene rings is 2. The van der Waals surface area contributed by atoms with Gasteiger partial charge < -0.3 is 15.4 Å². The molecule has 0 radical (unpaired) electrons. The summed E-state index contributed by atoms with van der Waals surface area (Å²) < 4.78 is 17.6. The van der Waals surface area contributed by atoms with Gasteiger partial charge in [0, 0.05) is 29.1 Å². The normalized spacial score (nSPS) is 10.3. The Labute approximate surface area is 171 Å². The van der Waals surface area contributed by atoms with Gasteiger partial charge in [-0.3, -0.25) is 14.9 Å². The van der Waals surface area contributed by atoms with Crippen molar-refractivity contribution in [1.82, 2.24) is 5.32 Å². The number of rotatable bonds is 6. The predicted octanol–water partition coefficient (Wildman–Crippen LogP) is 3.01. The van der Waals surface area contributed by atoms with E-state index in [0.29, 0.717) is 16.9 Å². The first-order valence-electron chi connectivity index (χ1n) is 8.51. The number of thiocarbonyl (C=S) groups is 1. The fourth-order valence-electron chi connectivity index (χ4n) is 2.12. The summed E-state index contributed by atoms with van der Waals surface area (Å²) in [7, 11) is 0. The van der Waals surface area contributed by atoms with Gasteiger partial charge in [-0.1, -0.05) is 6.07 Å². The number of anilines is 2. The molecule has 2 aromatic carbocycles. The number of esters is 1. The lowest BCUT2D eigenvalue weighted by Crippen LogP contribution is -2.33. The van der Waals surface area contributed by atoms with Gasteiger partial charge in [0.15, 0.2) is 5.11 Å². The van der Waals surface area contributed by atoms with Gasteiger partial charge in [-0.25, -0.2) is 9.18 Å². The quantitative estimate of drug-likeness (QED) is 0.381. The second-order valence-electron chi connectivity index (χ2n) is 5.57. The van der Waals surface area contributed by atoms with Gasteiger partial charge >= 0.3 is 5.97 Å². The molecule has 0 aromatic heterocycles. The predicted molar refractivity (Wildman–Crippen MR) is 111 cm³/mol. The van der Waals surface area contributed by atoms with E-state index in [1.165, 1.54) is 30.3 Å². The van der Waals surface area contributed by atoms with Crippen molar-refractivity contribution in [2.75, 3.05) is 17.2 Å². The summed E-state index contributed by atoms with van der Waals surface area (Å²) in [6, 6.07) is 11.8. The summed E-state index contributed by atoms with van der Waals surface area (Å²) in [5.74, 6) is -2.04. The number of halogens is 1. The Morgan fingerprint density at radius 1 is 1.03 bits per heavy atom. The van der Waals surface area contributed by atoms with Gasteiger partial charge in [0.05, 0.1) is 6.61 Å². The molecule has 0 fully saturated rings. The molecule has 0 saturated heterocycles. The average molecular weight is 415 g/mol. The van der Waals surface area contributed by atoms with Crippen molar-refractivity contribution in [2.45, 2.75) is 6.92 Å². The van der Waals surface area contributed by atoms with Crippen molar-refractivity contribution in [1.29, 1.82) is 0 Å². The van der Waals surface area contributed by atoms with Crippen LogP contribution in [0.15, 0.2) is 60.7 Å². The summed E-state index contributed by atoms with van der Waals surface area (Å²) in [6.45, 7) is 1.86.